The van der Waals surface area contributed by atoms with E-state index in [1.54, 1.807) is 17.8 Å². The molecule has 1 heterocycles. The number of nitrogens with two attached hydrogens (primary N) is 1. The van der Waals surface area contributed by atoms with E-state index in [4.69, 9.17) is 5.73 Å². The van der Waals surface area contributed by atoms with Gasteiger partial charge in [-0.15, -0.1) is 0 Å². The van der Waals surface area contributed by atoms with E-state index < -0.39 is 9.84 Å². The van der Waals surface area contributed by atoms with Gasteiger partial charge in [-0.05, 0) is 0 Å². The van der Waals surface area contributed by atoms with Gasteiger partial charge in [0.25, 0.3) is 0 Å². The molecule has 0 aliphatic carbocycles. The number of benzene rings is 1. The quantitative estimate of drug-likeness (QED) is 0.874. The van der Waals surface area contributed by atoms with E-state index in [-0.39, 0.29) is 11.5 Å². The highest BCUT2D eigenvalue weighted by atomic mass is 32.2. The minimum absolute atomic E-state index is 0.0923. The monoisotopic (exact) mass is 293 g/mol. The summed E-state index contributed by atoms with van der Waals surface area (Å²) in [5.41, 5.74) is 8.56. The van der Waals surface area contributed by atoms with Gasteiger partial charge in [-0.25, -0.2) is 8.42 Å². The van der Waals surface area contributed by atoms with E-state index in [0.717, 1.165) is 16.8 Å². The largest absolute Gasteiger partial charge is 0.326 e. The summed E-state index contributed by atoms with van der Waals surface area (Å²) in [6.45, 7) is 2.38. The molecule has 0 aliphatic rings. The van der Waals surface area contributed by atoms with E-state index in [0.29, 0.717) is 13.1 Å². The molecule has 108 valence electrons. The van der Waals surface area contributed by atoms with Gasteiger partial charge in [0.15, 0.2) is 9.84 Å². The number of aromatic nitrogens is 2. The van der Waals surface area contributed by atoms with Gasteiger partial charge in [-0.1, -0.05) is 37.3 Å². The summed E-state index contributed by atoms with van der Waals surface area (Å²) in [5.74, 6) is 0.244. The summed E-state index contributed by atoms with van der Waals surface area (Å²) in [6, 6.07) is 9.77. The van der Waals surface area contributed by atoms with Crippen molar-refractivity contribution in [2.24, 2.45) is 5.73 Å². The van der Waals surface area contributed by atoms with Crippen molar-refractivity contribution in [2.75, 3.05) is 11.5 Å². The topological polar surface area (TPSA) is 78.0 Å². The predicted octanol–water partition coefficient (Wildman–Crippen LogP) is 1.44. The van der Waals surface area contributed by atoms with Crippen molar-refractivity contribution in [3.05, 3.63) is 42.1 Å². The summed E-state index contributed by atoms with van der Waals surface area (Å²) < 4.78 is 25.0. The van der Waals surface area contributed by atoms with Gasteiger partial charge in [0.1, 0.15) is 0 Å². The van der Waals surface area contributed by atoms with Crippen molar-refractivity contribution >= 4 is 9.84 Å². The lowest BCUT2D eigenvalue weighted by Crippen LogP contribution is -2.16. The van der Waals surface area contributed by atoms with E-state index in [9.17, 15) is 8.42 Å². The minimum atomic E-state index is -3.01. The van der Waals surface area contributed by atoms with Gasteiger partial charge in [-0.2, -0.15) is 5.10 Å². The van der Waals surface area contributed by atoms with Crippen molar-refractivity contribution in [3.63, 3.8) is 0 Å². The molecule has 0 fully saturated rings. The molecule has 2 N–H and O–H groups in total. The van der Waals surface area contributed by atoms with Crippen LogP contribution in [0.4, 0.5) is 0 Å². The molecule has 20 heavy (non-hydrogen) atoms. The second kappa shape index (κ2) is 6.19. The Kier molecular flexibility index (Phi) is 4.57. The van der Waals surface area contributed by atoms with Crippen molar-refractivity contribution < 1.29 is 8.42 Å². The highest BCUT2D eigenvalue weighted by Crippen LogP contribution is 2.23. The first-order valence-corrected chi connectivity index (χ1v) is 8.40. The lowest BCUT2D eigenvalue weighted by molar-refractivity contribution is 0.583. The minimum Gasteiger partial charge on any atom is -0.326 e. The molecule has 5 nitrogen and oxygen atoms in total. The third-order valence-corrected chi connectivity index (χ3v) is 4.92. The third-order valence-electron chi connectivity index (χ3n) is 3.24. The van der Waals surface area contributed by atoms with Crippen molar-refractivity contribution in [1.82, 2.24) is 9.78 Å². The van der Waals surface area contributed by atoms with Crippen LogP contribution in [0.1, 0.15) is 12.5 Å². The van der Waals surface area contributed by atoms with Crippen LogP contribution in [0.15, 0.2) is 36.5 Å². The number of nitrogens with zero attached hydrogens (tertiary/aromatic N) is 2. The first-order valence-electron chi connectivity index (χ1n) is 6.58. The number of rotatable bonds is 6. The molecule has 1 aromatic carbocycles. The molecule has 0 amide bonds. The number of hydrogen-bond acceptors (Lipinski definition) is 4. The normalized spacial score (nSPS) is 11.7. The van der Waals surface area contributed by atoms with Gasteiger partial charge in [0, 0.05) is 23.4 Å². The standard InChI is InChI=1S/C14H19N3O2S/c1-2-20(18,19)9-8-17-14(13(10-15)11-16-17)12-6-4-3-5-7-12/h3-7,11H,2,8-10,15H2,1H3. The van der Waals surface area contributed by atoms with E-state index in [1.165, 1.54) is 0 Å². The Bertz CT molecular complexity index is 663. The lowest BCUT2D eigenvalue weighted by atomic mass is 10.1. The highest BCUT2D eigenvalue weighted by Gasteiger charge is 2.14. The summed E-state index contributed by atoms with van der Waals surface area (Å²) in [6.07, 6.45) is 1.71. The van der Waals surface area contributed by atoms with Crippen molar-refractivity contribution in [3.8, 4) is 11.3 Å². The summed E-state index contributed by atoms with van der Waals surface area (Å²) >= 11 is 0. The average Bonchev–Trinajstić information content (AvgIpc) is 2.89. The molecule has 1 aromatic heterocycles. The molecule has 0 bridgehead atoms. The van der Waals surface area contributed by atoms with Gasteiger partial charge in [0.05, 0.1) is 24.2 Å². The second-order valence-electron chi connectivity index (χ2n) is 4.55. The maximum Gasteiger partial charge on any atom is 0.151 e. The van der Waals surface area contributed by atoms with E-state index in [1.807, 2.05) is 30.3 Å². The molecule has 0 aliphatic heterocycles. The van der Waals surface area contributed by atoms with Crippen molar-refractivity contribution in [1.29, 1.82) is 0 Å². The van der Waals surface area contributed by atoms with Crippen LogP contribution in [0.5, 0.6) is 0 Å². The average molecular weight is 293 g/mol. The Balaban J connectivity index is 2.33. The summed E-state index contributed by atoms with van der Waals surface area (Å²) in [5, 5.41) is 4.27. The Morgan fingerprint density at radius 1 is 1.25 bits per heavy atom. The molecule has 0 spiro atoms. The van der Waals surface area contributed by atoms with Crippen LogP contribution in [0, 0.1) is 0 Å². The smallest absolute Gasteiger partial charge is 0.151 e. The number of hydrogen-bond donors (Lipinski definition) is 1. The zero-order chi connectivity index (χ0) is 14.6. The second-order valence-corrected chi connectivity index (χ2v) is 7.02. The molecular formula is C14H19N3O2S. The van der Waals surface area contributed by atoms with Crippen LogP contribution < -0.4 is 5.73 Å². The fourth-order valence-electron chi connectivity index (χ4n) is 2.04. The molecule has 2 rings (SSSR count). The molecule has 2 aromatic rings. The van der Waals surface area contributed by atoms with Gasteiger partial charge < -0.3 is 5.73 Å². The predicted molar refractivity (Wildman–Crippen MR) is 79.9 cm³/mol. The van der Waals surface area contributed by atoms with E-state index >= 15 is 0 Å². The zero-order valence-corrected chi connectivity index (χ0v) is 12.3. The zero-order valence-electron chi connectivity index (χ0n) is 11.5. The maximum atomic E-state index is 11.6. The molecule has 6 heteroatoms. The number of aryl methyl sites for hydroxylation is 1. The fourth-order valence-corrected chi connectivity index (χ4v) is 2.78. The Morgan fingerprint density at radius 2 is 1.95 bits per heavy atom. The first-order chi connectivity index (χ1) is 9.57. The summed E-state index contributed by atoms with van der Waals surface area (Å²) in [7, 11) is -3.01. The van der Waals surface area contributed by atoms with Crippen LogP contribution in [-0.2, 0) is 22.9 Å². The molecule has 0 unspecified atom stereocenters. The Hall–Kier alpha value is -1.66. The van der Waals surface area contributed by atoms with Crippen LogP contribution in [0.3, 0.4) is 0 Å². The Labute approximate surface area is 119 Å². The molecule has 0 saturated heterocycles. The van der Waals surface area contributed by atoms with Gasteiger partial charge >= 0.3 is 0 Å². The molecule has 0 atom stereocenters. The third kappa shape index (κ3) is 3.26. The maximum absolute atomic E-state index is 11.6. The van der Waals surface area contributed by atoms with Crippen molar-refractivity contribution in [2.45, 2.75) is 20.0 Å². The fraction of sp³-hybridized carbons (Fsp3) is 0.357. The van der Waals surface area contributed by atoms with Crippen LogP contribution in [-0.4, -0.2) is 29.7 Å². The Morgan fingerprint density at radius 3 is 2.55 bits per heavy atom. The lowest BCUT2D eigenvalue weighted by Gasteiger charge is -2.09. The van der Waals surface area contributed by atoms with Gasteiger partial charge in [-0.3, -0.25) is 4.68 Å². The van der Waals surface area contributed by atoms with Crippen LogP contribution in [0.25, 0.3) is 11.3 Å². The molecule has 0 saturated carbocycles. The van der Waals surface area contributed by atoms with Gasteiger partial charge in [0.2, 0.25) is 0 Å². The molecule has 0 radical (unpaired) electrons. The van der Waals surface area contributed by atoms with Crippen LogP contribution >= 0.6 is 0 Å². The first kappa shape index (κ1) is 14.7. The summed E-state index contributed by atoms with van der Waals surface area (Å²) in [4.78, 5) is 0. The van der Waals surface area contributed by atoms with E-state index in [2.05, 4.69) is 5.10 Å². The SMILES string of the molecule is CCS(=O)(=O)CCn1ncc(CN)c1-c1ccccc1. The van der Waals surface area contributed by atoms with Crippen LogP contribution in [0.2, 0.25) is 0 Å². The molecular weight excluding hydrogens is 274 g/mol. The number of sulfone groups is 1. The highest BCUT2D eigenvalue weighted by molar-refractivity contribution is 7.91.